The predicted octanol–water partition coefficient (Wildman–Crippen LogP) is 0.152. The van der Waals surface area contributed by atoms with Gasteiger partial charge in [-0.2, -0.15) is 0 Å². The lowest BCUT2D eigenvalue weighted by Gasteiger charge is -2.18. The minimum atomic E-state index is -0.0314. The Morgan fingerprint density at radius 2 is 1.81 bits per heavy atom. The van der Waals surface area contributed by atoms with Crippen LogP contribution in [-0.2, 0) is 14.3 Å². The maximum Gasteiger partial charge on any atom is 0.229 e. The highest BCUT2D eigenvalue weighted by Crippen LogP contribution is 2.11. The van der Waals surface area contributed by atoms with Crippen molar-refractivity contribution in [2.75, 3.05) is 33.4 Å². The first-order chi connectivity index (χ1) is 7.75. The Morgan fingerprint density at radius 1 is 1.19 bits per heavy atom. The summed E-state index contributed by atoms with van der Waals surface area (Å²) in [4.78, 5) is 24.6. The first-order valence-corrected chi connectivity index (χ1v) is 5.78. The molecule has 1 N–H and O–H groups in total. The van der Waals surface area contributed by atoms with E-state index in [4.69, 9.17) is 4.74 Å². The lowest BCUT2D eigenvalue weighted by Crippen LogP contribution is -2.40. The zero-order valence-electron chi connectivity index (χ0n) is 9.83. The third-order valence-electron chi connectivity index (χ3n) is 2.63. The van der Waals surface area contributed by atoms with Gasteiger partial charge in [-0.05, 0) is 12.8 Å². The SMILES string of the molecule is COCCNCCN1C(=O)CCCCC1=O. The Morgan fingerprint density at radius 3 is 2.38 bits per heavy atom. The summed E-state index contributed by atoms with van der Waals surface area (Å²) < 4.78 is 4.89. The fourth-order valence-corrected chi connectivity index (χ4v) is 1.70. The first kappa shape index (κ1) is 13.1. The second kappa shape index (κ2) is 7.35. The van der Waals surface area contributed by atoms with Crippen LogP contribution in [0.5, 0.6) is 0 Å². The molecule has 1 rings (SSSR count). The van der Waals surface area contributed by atoms with Crippen molar-refractivity contribution in [2.24, 2.45) is 0 Å². The summed E-state index contributed by atoms with van der Waals surface area (Å²) in [5.41, 5.74) is 0. The maximum absolute atomic E-state index is 11.6. The van der Waals surface area contributed by atoms with Crippen molar-refractivity contribution in [1.29, 1.82) is 0 Å². The molecule has 92 valence electrons. The van der Waals surface area contributed by atoms with Gasteiger partial charge in [0.2, 0.25) is 11.8 Å². The molecule has 0 aliphatic carbocycles. The average Bonchev–Trinajstić information content (AvgIpc) is 2.42. The van der Waals surface area contributed by atoms with Crippen LogP contribution in [0.2, 0.25) is 0 Å². The van der Waals surface area contributed by atoms with Crippen LogP contribution in [0, 0.1) is 0 Å². The molecule has 16 heavy (non-hydrogen) atoms. The highest BCUT2D eigenvalue weighted by molar-refractivity contribution is 5.95. The molecule has 0 saturated carbocycles. The molecule has 0 atom stereocenters. The van der Waals surface area contributed by atoms with Crippen LogP contribution >= 0.6 is 0 Å². The minimum absolute atomic E-state index is 0.0314. The van der Waals surface area contributed by atoms with Crippen molar-refractivity contribution >= 4 is 11.8 Å². The molecule has 5 heteroatoms. The lowest BCUT2D eigenvalue weighted by molar-refractivity contribution is -0.143. The summed E-state index contributed by atoms with van der Waals surface area (Å²) in [7, 11) is 1.64. The molecule has 1 fully saturated rings. The van der Waals surface area contributed by atoms with Crippen molar-refractivity contribution in [3.05, 3.63) is 0 Å². The molecule has 0 aromatic rings. The Hall–Kier alpha value is -0.940. The molecule has 0 bridgehead atoms. The van der Waals surface area contributed by atoms with Crippen molar-refractivity contribution in [1.82, 2.24) is 10.2 Å². The molecule has 0 spiro atoms. The van der Waals surface area contributed by atoms with Gasteiger partial charge in [-0.1, -0.05) is 0 Å². The van der Waals surface area contributed by atoms with E-state index in [0.29, 0.717) is 32.5 Å². The standard InChI is InChI=1S/C11H20N2O3/c1-16-9-7-12-6-8-13-10(14)4-2-3-5-11(13)15/h12H,2-9H2,1H3. The number of methoxy groups -OCH3 is 1. The zero-order chi connectivity index (χ0) is 11.8. The summed E-state index contributed by atoms with van der Waals surface area (Å²) >= 11 is 0. The summed E-state index contributed by atoms with van der Waals surface area (Å²) in [6.07, 6.45) is 2.67. The molecular weight excluding hydrogens is 208 g/mol. The Bertz CT molecular complexity index is 225. The number of nitrogens with zero attached hydrogens (tertiary/aromatic N) is 1. The number of hydrogen-bond donors (Lipinski definition) is 1. The highest BCUT2D eigenvalue weighted by Gasteiger charge is 2.22. The van der Waals surface area contributed by atoms with Gasteiger partial charge in [0.05, 0.1) is 6.61 Å². The van der Waals surface area contributed by atoms with Gasteiger partial charge in [-0.3, -0.25) is 14.5 Å². The normalized spacial score (nSPS) is 17.7. The van der Waals surface area contributed by atoms with Crippen molar-refractivity contribution in [3.63, 3.8) is 0 Å². The average molecular weight is 228 g/mol. The fraction of sp³-hybridized carbons (Fsp3) is 0.818. The second-order valence-corrected chi connectivity index (χ2v) is 3.89. The van der Waals surface area contributed by atoms with E-state index in [1.54, 1.807) is 7.11 Å². The van der Waals surface area contributed by atoms with Gasteiger partial charge in [0.15, 0.2) is 0 Å². The Kier molecular flexibility index (Phi) is 6.03. The molecule has 5 nitrogen and oxygen atoms in total. The fourth-order valence-electron chi connectivity index (χ4n) is 1.70. The lowest BCUT2D eigenvalue weighted by atomic mass is 10.2. The van der Waals surface area contributed by atoms with Crippen LogP contribution in [0.15, 0.2) is 0 Å². The molecule has 2 amide bonds. The van der Waals surface area contributed by atoms with E-state index in [1.165, 1.54) is 4.90 Å². The van der Waals surface area contributed by atoms with Gasteiger partial charge in [-0.25, -0.2) is 0 Å². The van der Waals surface area contributed by atoms with E-state index in [9.17, 15) is 9.59 Å². The zero-order valence-corrected chi connectivity index (χ0v) is 9.83. The van der Waals surface area contributed by atoms with E-state index in [2.05, 4.69) is 5.32 Å². The minimum Gasteiger partial charge on any atom is -0.383 e. The third kappa shape index (κ3) is 4.28. The summed E-state index contributed by atoms with van der Waals surface area (Å²) in [6, 6.07) is 0. The molecule has 1 heterocycles. The Balaban J connectivity index is 2.26. The van der Waals surface area contributed by atoms with Crippen LogP contribution in [0.25, 0.3) is 0 Å². The topological polar surface area (TPSA) is 58.6 Å². The monoisotopic (exact) mass is 228 g/mol. The van der Waals surface area contributed by atoms with Crippen molar-refractivity contribution in [2.45, 2.75) is 25.7 Å². The van der Waals surface area contributed by atoms with Crippen LogP contribution in [0.4, 0.5) is 0 Å². The number of nitrogens with one attached hydrogen (secondary N) is 1. The predicted molar refractivity (Wildman–Crippen MR) is 59.9 cm³/mol. The quantitative estimate of drug-likeness (QED) is 0.519. The number of rotatable bonds is 6. The number of carbonyl (C=O) groups excluding carboxylic acids is 2. The maximum atomic E-state index is 11.6. The highest BCUT2D eigenvalue weighted by atomic mass is 16.5. The van der Waals surface area contributed by atoms with Gasteiger partial charge in [0.1, 0.15) is 0 Å². The van der Waals surface area contributed by atoms with Crippen LogP contribution in [0.3, 0.4) is 0 Å². The molecule has 1 saturated heterocycles. The van der Waals surface area contributed by atoms with E-state index in [-0.39, 0.29) is 11.8 Å². The number of hydrogen-bond acceptors (Lipinski definition) is 4. The molecule has 1 aliphatic rings. The summed E-state index contributed by atoms with van der Waals surface area (Å²) in [5.74, 6) is -0.0629. The van der Waals surface area contributed by atoms with Crippen LogP contribution < -0.4 is 5.32 Å². The number of ether oxygens (including phenoxy) is 1. The van der Waals surface area contributed by atoms with E-state index in [1.807, 2.05) is 0 Å². The molecule has 0 radical (unpaired) electrons. The second-order valence-electron chi connectivity index (χ2n) is 3.89. The summed E-state index contributed by atoms with van der Waals surface area (Å²) in [5, 5.41) is 3.12. The van der Waals surface area contributed by atoms with Crippen molar-refractivity contribution < 1.29 is 14.3 Å². The van der Waals surface area contributed by atoms with Gasteiger partial charge in [0.25, 0.3) is 0 Å². The van der Waals surface area contributed by atoms with E-state index < -0.39 is 0 Å². The number of imide groups is 1. The molecule has 0 unspecified atom stereocenters. The summed E-state index contributed by atoms with van der Waals surface area (Å²) in [6.45, 7) is 2.50. The van der Waals surface area contributed by atoms with Gasteiger partial charge in [0, 0.05) is 39.6 Å². The first-order valence-electron chi connectivity index (χ1n) is 5.78. The molecule has 0 aromatic carbocycles. The Labute approximate surface area is 96.1 Å². The number of carbonyl (C=O) groups is 2. The van der Waals surface area contributed by atoms with E-state index in [0.717, 1.165) is 19.4 Å². The van der Waals surface area contributed by atoms with Gasteiger partial charge in [-0.15, -0.1) is 0 Å². The molecule has 1 aliphatic heterocycles. The largest absolute Gasteiger partial charge is 0.383 e. The molecule has 0 aromatic heterocycles. The number of likely N-dealkylation sites (tertiary alicyclic amines) is 1. The van der Waals surface area contributed by atoms with Crippen LogP contribution in [0.1, 0.15) is 25.7 Å². The number of amides is 2. The third-order valence-corrected chi connectivity index (χ3v) is 2.63. The van der Waals surface area contributed by atoms with Gasteiger partial charge < -0.3 is 10.1 Å². The molecular formula is C11H20N2O3. The van der Waals surface area contributed by atoms with E-state index >= 15 is 0 Å². The van der Waals surface area contributed by atoms with Crippen LogP contribution in [-0.4, -0.2) is 50.1 Å². The van der Waals surface area contributed by atoms with Gasteiger partial charge >= 0.3 is 0 Å². The van der Waals surface area contributed by atoms with Crippen molar-refractivity contribution in [3.8, 4) is 0 Å². The smallest absolute Gasteiger partial charge is 0.229 e.